The van der Waals surface area contributed by atoms with Crippen LogP contribution in [-0.4, -0.2) is 18.5 Å². The standard InChI is InChI=1S/C17H16INO3/c1-11-4-3-5-13(8-11)17(21)22-10-16(20)19-15-7-6-14(18)9-12(15)2/h3-9H,10H2,1-2H3,(H,19,20). The molecule has 5 heteroatoms. The molecule has 4 nitrogen and oxygen atoms in total. The van der Waals surface area contributed by atoms with Crippen LogP contribution in [0.4, 0.5) is 5.69 Å². The molecule has 2 aromatic carbocycles. The van der Waals surface area contributed by atoms with Gasteiger partial charge in [0.2, 0.25) is 0 Å². The molecule has 1 amide bonds. The molecule has 2 aromatic rings. The second-order valence-corrected chi connectivity index (χ2v) is 6.20. The minimum atomic E-state index is -0.502. The number of nitrogens with one attached hydrogen (secondary N) is 1. The van der Waals surface area contributed by atoms with E-state index in [-0.39, 0.29) is 12.5 Å². The van der Waals surface area contributed by atoms with Gasteiger partial charge in [-0.1, -0.05) is 17.7 Å². The normalized spacial score (nSPS) is 10.1. The van der Waals surface area contributed by atoms with Crippen molar-refractivity contribution >= 4 is 40.2 Å². The number of hydrogen-bond acceptors (Lipinski definition) is 3. The van der Waals surface area contributed by atoms with E-state index in [4.69, 9.17) is 4.74 Å². The van der Waals surface area contributed by atoms with Crippen LogP contribution >= 0.6 is 22.6 Å². The molecule has 0 aromatic heterocycles. The Morgan fingerprint density at radius 3 is 2.59 bits per heavy atom. The number of halogens is 1. The largest absolute Gasteiger partial charge is 0.452 e. The number of benzene rings is 2. The van der Waals surface area contributed by atoms with E-state index in [2.05, 4.69) is 27.9 Å². The van der Waals surface area contributed by atoms with E-state index < -0.39 is 5.97 Å². The lowest BCUT2D eigenvalue weighted by molar-refractivity contribution is -0.119. The molecule has 0 aliphatic heterocycles. The highest BCUT2D eigenvalue weighted by molar-refractivity contribution is 14.1. The third-order valence-corrected chi connectivity index (χ3v) is 3.72. The Labute approximate surface area is 143 Å². The van der Waals surface area contributed by atoms with Gasteiger partial charge in [0.05, 0.1) is 5.56 Å². The Morgan fingerprint density at radius 2 is 1.91 bits per heavy atom. The van der Waals surface area contributed by atoms with Crippen LogP contribution in [0.5, 0.6) is 0 Å². The molecule has 1 N–H and O–H groups in total. The molecule has 22 heavy (non-hydrogen) atoms. The summed E-state index contributed by atoms with van der Waals surface area (Å²) in [5, 5.41) is 2.74. The van der Waals surface area contributed by atoms with Gasteiger partial charge in [-0.15, -0.1) is 0 Å². The molecule has 0 heterocycles. The van der Waals surface area contributed by atoms with Crippen LogP contribution in [0.1, 0.15) is 21.5 Å². The molecule has 0 fully saturated rings. The molecule has 114 valence electrons. The number of esters is 1. The molecule has 0 atom stereocenters. The molecule has 0 aliphatic carbocycles. The minimum absolute atomic E-state index is 0.307. The first-order chi connectivity index (χ1) is 10.5. The molecular formula is C17H16INO3. The van der Waals surface area contributed by atoms with Crippen molar-refractivity contribution < 1.29 is 14.3 Å². The van der Waals surface area contributed by atoms with Crippen molar-refractivity contribution in [3.05, 3.63) is 62.7 Å². The van der Waals surface area contributed by atoms with E-state index in [1.807, 2.05) is 38.1 Å². The van der Waals surface area contributed by atoms with Crippen LogP contribution in [0, 0.1) is 17.4 Å². The van der Waals surface area contributed by atoms with E-state index in [1.54, 1.807) is 18.2 Å². The maximum absolute atomic E-state index is 11.9. The first kappa shape index (κ1) is 16.5. The molecule has 0 aliphatic rings. The van der Waals surface area contributed by atoms with Gasteiger partial charge in [0.15, 0.2) is 6.61 Å². The number of anilines is 1. The fourth-order valence-electron chi connectivity index (χ4n) is 1.94. The van der Waals surface area contributed by atoms with E-state index in [1.165, 1.54) is 0 Å². The van der Waals surface area contributed by atoms with Crippen molar-refractivity contribution in [2.24, 2.45) is 0 Å². The van der Waals surface area contributed by atoms with Crippen molar-refractivity contribution in [1.29, 1.82) is 0 Å². The van der Waals surface area contributed by atoms with Gasteiger partial charge in [0.25, 0.3) is 5.91 Å². The average Bonchev–Trinajstić information content (AvgIpc) is 2.47. The summed E-state index contributed by atoms with van der Waals surface area (Å²) in [5.74, 6) is -0.858. The van der Waals surface area contributed by atoms with Gasteiger partial charge in [0, 0.05) is 9.26 Å². The Hall–Kier alpha value is -1.89. The zero-order valence-electron chi connectivity index (χ0n) is 12.4. The van der Waals surface area contributed by atoms with Crippen LogP contribution in [0.3, 0.4) is 0 Å². The third kappa shape index (κ3) is 4.56. The number of hydrogen-bond donors (Lipinski definition) is 1. The van der Waals surface area contributed by atoms with Crippen molar-refractivity contribution in [2.45, 2.75) is 13.8 Å². The predicted molar refractivity (Wildman–Crippen MR) is 94.0 cm³/mol. The fraction of sp³-hybridized carbons (Fsp3) is 0.176. The van der Waals surface area contributed by atoms with Gasteiger partial charge in [-0.3, -0.25) is 4.79 Å². The molecule has 0 radical (unpaired) electrons. The van der Waals surface area contributed by atoms with Crippen molar-refractivity contribution in [2.75, 3.05) is 11.9 Å². The summed E-state index contributed by atoms with van der Waals surface area (Å²) < 4.78 is 6.12. The number of rotatable bonds is 4. The van der Waals surface area contributed by atoms with Crippen LogP contribution in [0.15, 0.2) is 42.5 Å². The zero-order valence-corrected chi connectivity index (χ0v) is 14.5. The molecule has 0 spiro atoms. The Morgan fingerprint density at radius 1 is 1.14 bits per heavy atom. The summed E-state index contributed by atoms with van der Waals surface area (Å²) >= 11 is 2.21. The van der Waals surface area contributed by atoms with E-state index in [0.717, 1.165) is 20.4 Å². The fourth-order valence-corrected chi connectivity index (χ4v) is 2.59. The smallest absolute Gasteiger partial charge is 0.338 e. The molecule has 2 rings (SSSR count). The molecule has 0 unspecified atom stereocenters. The topological polar surface area (TPSA) is 55.4 Å². The van der Waals surface area contributed by atoms with Gasteiger partial charge in [0.1, 0.15) is 0 Å². The van der Waals surface area contributed by atoms with Crippen LogP contribution in [0.25, 0.3) is 0 Å². The highest BCUT2D eigenvalue weighted by atomic mass is 127. The SMILES string of the molecule is Cc1cccc(C(=O)OCC(=O)Nc2ccc(I)cc2C)c1. The molecule has 0 saturated heterocycles. The lowest BCUT2D eigenvalue weighted by Gasteiger charge is -2.09. The van der Waals surface area contributed by atoms with Gasteiger partial charge in [-0.25, -0.2) is 4.79 Å². The van der Waals surface area contributed by atoms with Crippen molar-refractivity contribution in [1.82, 2.24) is 0 Å². The summed E-state index contributed by atoms with van der Waals surface area (Å²) in [4.78, 5) is 23.7. The number of carbonyl (C=O) groups excluding carboxylic acids is 2. The van der Waals surface area contributed by atoms with Crippen molar-refractivity contribution in [3.63, 3.8) is 0 Å². The maximum Gasteiger partial charge on any atom is 0.338 e. The Bertz CT molecular complexity index is 713. The highest BCUT2D eigenvalue weighted by Gasteiger charge is 2.11. The van der Waals surface area contributed by atoms with Gasteiger partial charge in [-0.05, 0) is 72.3 Å². The lowest BCUT2D eigenvalue weighted by Crippen LogP contribution is -2.21. The van der Waals surface area contributed by atoms with Gasteiger partial charge < -0.3 is 10.1 Å². The van der Waals surface area contributed by atoms with E-state index >= 15 is 0 Å². The zero-order chi connectivity index (χ0) is 16.1. The quantitative estimate of drug-likeness (QED) is 0.619. The van der Waals surface area contributed by atoms with Gasteiger partial charge in [-0.2, -0.15) is 0 Å². The van der Waals surface area contributed by atoms with E-state index in [0.29, 0.717) is 5.56 Å². The maximum atomic E-state index is 11.9. The molecular weight excluding hydrogens is 393 g/mol. The molecule has 0 saturated carbocycles. The summed E-state index contributed by atoms with van der Waals surface area (Å²) in [7, 11) is 0. The lowest BCUT2D eigenvalue weighted by atomic mass is 10.1. The van der Waals surface area contributed by atoms with Crippen LogP contribution in [-0.2, 0) is 9.53 Å². The van der Waals surface area contributed by atoms with E-state index in [9.17, 15) is 9.59 Å². The minimum Gasteiger partial charge on any atom is -0.452 e. The highest BCUT2D eigenvalue weighted by Crippen LogP contribution is 2.17. The Balaban J connectivity index is 1.91. The van der Waals surface area contributed by atoms with Crippen molar-refractivity contribution in [3.8, 4) is 0 Å². The first-order valence-corrected chi connectivity index (χ1v) is 7.83. The summed E-state index contributed by atoms with van der Waals surface area (Å²) in [6, 6.07) is 12.8. The predicted octanol–water partition coefficient (Wildman–Crippen LogP) is 3.70. The second kappa shape index (κ2) is 7.40. The number of carbonyl (C=O) groups is 2. The second-order valence-electron chi connectivity index (χ2n) is 4.95. The average molecular weight is 409 g/mol. The summed E-state index contributed by atoms with van der Waals surface area (Å²) in [5.41, 5.74) is 3.09. The summed E-state index contributed by atoms with van der Waals surface area (Å²) in [6.07, 6.45) is 0. The number of amides is 1. The van der Waals surface area contributed by atoms with Crippen LogP contribution < -0.4 is 5.32 Å². The van der Waals surface area contributed by atoms with Gasteiger partial charge >= 0.3 is 5.97 Å². The first-order valence-electron chi connectivity index (χ1n) is 6.75. The van der Waals surface area contributed by atoms with Crippen LogP contribution in [0.2, 0.25) is 0 Å². The number of ether oxygens (including phenoxy) is 1. The third-order valence-electron chi connectivity index (χ3n) is 3.05. The molecule has 0 bridgehead atoms. The monoisotopic (exact) mass is 409 g/mol. The Kier molecular flexibility index (Phi) is 5.54. The summed E-state index contributed by atoms with van der Waals surface area (Å²) in [6.45, 7) is 3.50. The number of aryl methyl sites for hydroxylation is 2.